The van der Waals surface area contributed by atoms with Gasteiger partial charge in [0.2, 0.25) is 5.91 Å². The Labute approximate surface area is 170 Å². The van der Waals surface area contributed by atoms with Crippen LogP contribution in [0.4, 0.5) is 5.69 Å². The smallest absolute Gasteiger partial charge is 0.235 e. The van der Waals surface area contributed by atoms with E-state index in [2.05, 4.69) is 26.2 Å². The monoisotopic (exact) mass is 442 g/mol. The quantitative estimate of drug-likeness (QED) is 0.599. The van der Waals surface area contributed by atoms with Crippen LogP contribution in [0.1, 0.15) is 18.4 Å². The van der Waals surface area contributed by atoms with E-state index in [9.17, 15) is 4.79 Å². The van der Waals surface area contributed by atoms with Crippen LogP contribution in [-0.4, -0.2) is 24.1 Å². The minimum Gasteiger partial charge on any atom is -0.381 e. The SMILES string of the molecule is O=C(Nc1cccc(-c2nccs2)c1)C1(c2ccc(Br)cc2)CCOCC1. The number of thiazole rings is 1. The minimum atomic E-state index is -0.573. The summed E-state index contributed by atoms with van der Waals surface area (Å²) in [6.45, 7) is 1.17. The van der Waals surface area contributed by atoms with Gasteiger partial charge in [-0.1, -0.05) is 40.2 Å². The minimum absolute atomic E-state index is 0.0180. The number of rotatable bonds is 4. The molecule has 0 aliphatic carbocycles. The van der Waals surface area contributed by atoms with E-state index in [1.54, 1.807) is 17.5 Å². The highest BCUT2D eigenvalue weighted by atomic mass is 79.9. The summed E-state index contributed by atoms with van der Waals surface area (Å²) >= 11 is 5.06. The second-order valence-corrected chi connectivity index (χ2v) is 8.38. The zero-order valence-corrected chi connectivity index (χ0v) is 17.1. The number of carbonyl (C=O) groups is 1. The van der Waals surface area contributed by atoms with E-state index in [-0.39, 0.29) is 5.91 Å². The molecule has 1 aromatic heterocycles. The van der Waals surface area contributed by atoms with E-state index in [0.29, 0.717) is 26.1 Å². The van der Waals surface area contributed by atoms with Gasteiger partial charge in [-0.05, 0) is 42.7 Å². The van der Waals surface area contributed by atoms with Gasteiger partial charge in [-0.2, -0.15) is 0 Å². The van der Waals surface area contributed by atoms with Gasteiger partial charge in [-0.25, -0.2) is 4.98 Å². The van der Waals surface area contributed by atoms with Crippen molar-refractivity contribution in [3.05, 3.63) is 70.1 Å². The fraction of sp³-hybridized carbons (Fsp3) is 0.238. The van der Waals surface area contributed by atoms with Crippen molar-refractivity contribution < 1.29 is 9.53 Å². The standard InChI is InChI=1S/C21H19BrN2O2S/c22-17-6-4-16(5-7-17)21(8-11-26-12-9-21)20(25)24-18-3-1-2-15(14-18)19-23-10-13-27-19/h1-7,10,13-14H,8-9,11-12H2,(H,24,25). The molecule has 4 nitrogen and oxygen atoms in total. The number of carbonyl (C=O) groups excluding carboxylic acids is 1. The van der Waals surface area contributed by atoms with Gasteiger partial charge in [-0.15, -0.1) is 11.3 Å². The predicted octanol–water partition coefficient (Wildman–Crippen LogP) is 5.26. The average molecular weight is 443 g/mol. The van der Waals surface area contributed by atoms with Gasteiger partial charge in [0, 0.05) is 40.5 Å². The number of benzene rings is 2. The van der Waals surface area contributed by atoms with Crippen molar-refractivity contribution in [3.8, 4) is 10.6 Å². The third kappa shape index (κ3) is 3.83. The lowest BCUT2D eigenvalue weighted by atomic mass is 9.73. The van der Waals surface area contributed by atoms with Crippen molar-refractivity contribution in [2.24, 2.45) is 0 Å². The van der Waals surface area contributed by atoms with Gasteiger partial charge in [-0.3, -0.25) is 4.79 Å². The first-order chi connectivity index (χ1) is 13.2. The number of halogens is 1. The third-order valence-electron chi connectivity index (χ3n) is 4.98. The maximum atomic E-state index is 13.4. The first kappa shape index (κ1) is 18.3. The molecule has 0 spiro atoms. The molecular weight excluding hydrogens is 424 g/mol. The van der Waals surface area contributed by atoms with Crippen LogP contribution in [0, 0.1) is 0 Å². The van der Waals surface area contributed by atoms with Gasteiger partial charge < -0.3 is 10.1 Å². The fourth-order valence-corrected chi connectivity index (χ4v) is 4.38. The van der Waals surface area contributed by atoms with Crippen LogP contribution in [0.15, 0.2) is 64.6 Å². The molecule has 27 heavy (non-hydrogen) atoms. The lowest BCUT2D eigenvalue weighted by molar-refractivity contribution is -0.125. The van der Waals surface area contributed by atoms with Crippen LogP contribution in [0.5, 0.6) is 0 Å². The molecule has 3 aromatic rings. The van der Waals surface area contributed by atoms with Gasteiger partial charge in [0.1, 0.15) is 5.01 Å². The average Bonchev–Trinajstić information content (AvgIpc) is 3.24. The van der Waals surface area contributed by atoms with Crippen molar-refractivity contribution >= 4 is 38.9 Å². The largest absolute Gasteiger partial charge is 0.381 e. The Kier molecular flexibility index (Phi) is 5.38. The Hall–Kier alpha value is -2.02. The Bertz CT molecular complexity index is 920. The van der Waals surface area contributed by atoms with Crippen molar-refractivity contribution in [2.45, 2.75) is 18.3 Å². The summed E-state index contributed by atoms with van der Waals surface area (Å²) in [5.74, 6) is 0.0180. The summed E-state index contributed by atoms with van der Waals surface area (Å²) in [7, 11) is 0. The van der Waals surface area contributed by atoms with E-state index in [1.165, 1.54) is 0 Å². The van der Waals surface area contributed by atoms with E-state index < -0.39 is 5.41 Å². The van der Waals surface area contributed by atoms with Crippen LogP contribution < -0.4 is 5.32 Å². The number of hydrogen-bond donors (Lipinski definition) is 1. The maximum absolute atomic E-state index is 13.4. The molecule has 2 aromatic carbocycles. The summed E-state index contributed by atoms with van der Waals surface area (Å²) in [6.07, 6.45) is 3.13. The Balaban J connectivity index is 1.63. The van der Waals surface area contributed by atoms with E-state index in [1.807, 2.05) is 53.9 Å². The molecule has 0 atom stereocenters. The number of hydrogen-bond acceptors (Lipinski definition) is 4. The van der Waals surface area contributed by atoms with E-state index >= 15 is 0 Å². The van der Waals surface area contributed by atoms with E-state index in [0.717, 1.165) is 26.3 Å². The molecule has 1 fully saturated rings. The topological polar surface area (TPSA) is 51.2 Å². The van der Waals surface area contributed by atoms with E-state index in [4.69, 9.17) is 4.74 Å². The highest BCUT2D eigenvalue weighted by Gasteiger charge is 2.41. The van der Waals surface area contributed by atoms with Crippen molar-refractivity contribution in [2.75, 3.05) is 18.5 Å². The van der Waals surface area contributed by atoms with Crippen molar-refractivity contribution in [1.29, 1.82) is 0 Å². The number of nitrogens with zero attached hydrogens (tertiary/aromatic N) is 1. The number of amides is 1. The fourth-order valence-electron chi connectivity index (χ4n) is 3.48. The molecule has 6 heteroatoms. The second-order valence-electron chi connectivity index (χ2n) is 6.57. The molecule has 1 aliphatic heterocycles. The van der Waals surface area contributed by atoms with Crippen LogP contribution in [0.2, 0.25) is 0 Å². The summed E-state index contributed by atoms with van der Waals surface area (Å²) < 4.78 is 6.55. The number of aromatic nitrogens is 1. The van der Waals surface area contributed by atoms with Crippen LogP contribution >= 0.6 is 27.3 Å². The molecule has 1 aliphatic rings. The lowest BCUT2D eigenvalue weighted by Crippen LogP contribution is -2.44. The normalized spacial score (nSPS) is 16.0. The molecule has 138 valence electrons. The first-order valence-corrected chi connectivity index (χ1v) is 10.5. The maximum Gasteiger partial charge on any atom is 0.235 e. The highest BCUT2D eigenvalue weighted by Crippen LogP contribution is 2.37. The van der Waals surface area contributed by atoms with Gasteiger partial charge in [0.25, 0.3) is 0 Å². The molecule has 0 radical (unpaired) electrons. The molecule has 2 heterocycles. The zero-order valence-electron chi connectivity index (χ0n) is 14.7. The second kappa shape index (κ2) is 7.92. The third-order valence-corrected chi connectivity index (χ3v) is 6.33. The van der Waals surface area contributed by atoms with Crippen LogP contribution in [0.3, 0.4) is 0 Å². The van der Waals surface area contributed by atoms with Crippen LogP contribution in [-0.2, 0) is 14.9 Å². The lowest BCUT2D eigenvalue weighted by Gasteiger charge is -2.36. The number of anilines is 1. The number of ether oxygens (including phenoxy) is 1. The van der Waals surface area contributed by atoms with Gasteiger partial charge in [0.15, 0.2) is 0 Å². The summed E-state index contributed by atoms with van der Waals surface area (Å²) in [5, 5.41) is 6.03. The summed E-state index contributed by atoms with van der Waals surface area (Å²) in [5.41, 5.74) is 2.25. The van der Waals surface area contributed by atoms with Crippen molar-refractivity contribution in [3.63, 3.8) is 0 Å². The molecule has 4 rings (SSSR count). The molecule has 0 saturated carbocycles. The molecule has 1 amide bonds. The molecular formula is C21H19BrN2O2S. The zero-order chi connectivity index (χ0) is 18.7. The Morgan fingerprint density at radius 1 is 1.15 bits per heavy atom. The molecule has 1 saturated heterocycles. The Morgan fingerprint density at radius 3 is 2.63 bits per heavy atom. The molecule has 1 N–H and O–H groups in total. The van der Waals surface area contributed by atoms with Crippen LogP contribution in [0.25, 0.3) is 10.6 Å². The Morgan fingerprint density at radius 2 is 1.93 bits per heavy atom. The summed E-state index contributed by atoms with van der Waals surface area (Å²) in [4.78, 5) is 17.7. The predicted molar refractivity (Wildman–Crippen MR) is 112 cm³/mol. The van der Waals surface area contributed by atoms with Crippen molar-refractivity contribution in [1.82, 2.24) is 4.98 Å². The van der Waals surface area contributed by atoms with Gasteiger partial charge >= 0.3 is 0 Å². The van der Waals surface area contributed by atoms with Gasteiger partial charge in [0.05, 0.1) is 5.41 Å². The molecule has 0 unspecified atom stereocenters. The summed E-state index contributed by atoms with van der Waals surface area (Å²) in [6, 6.07) is 15.9. The molecule has 0 bridgehead atoms. The number of nitrogens with one attached hydrogen (secondary N) is 1. The highest BCUT2D eigenvalue weighted by molar-refractivity contribution is 9.10. The first-order valence-electron chi connectivity index (χ1n) is 8.83.